The van der Waals surface area contributed by atoms with Crippen LogP contribution in [-0.4, -0.2) is 10.6 Å². The molecule has 0 aliphatic carbocycles. The normalized spacial score (nSPS) is 10.2. The van der Waals surface area contributed by atoms with Crippen LogP contribution in [0.15, 0.2) is 42.5 Å². The van der Waals surface area contributed by atoms with Crippen molar-refractivity contribution >= 4 is 5.69 Å². The first-order chi connectivity index (χ1) is 8.88. The van der Waals surface area contributed by atoms with Gasteiger partial charge in [0.2, 0.25) is 0 Å². The number of anilines is 1. The van der Waals surface area contributed by atoms with E-state index in [-0.39, 0.29) is 52.2 Å². The molecule has 0 unspecified atom stereocenters. The summed E-state index contributed by atoms with van der Waals surface area (Å²) in [7, 11) is 0. The minimum atomic E-state index is -4.59. The number of nitrogens with two attached hydrogens (primary N) is 1. The fraction of sp³-hybridized carbons (Fsp3) is 0.0769. The number of hydrogen-bond donors (Lipinski definition) is 2. The third-order valence-corrected chi connectivity index (χ3v) is 2.39. The van der Waals surface area contributed by atoms with Crippen LogP contribution in [-0.2, 0) is 6.18 Å². The largest absolute Gasteiger partial charge is 1.00 e. The molecular formula is C13H11F3NNaO3. The van der Waals surface area contributed by atoms with Gasteiger partial charge in [0.1, 0.15) is 11.3 Å². The van der Waals surface area contributed by atoms with Crippen molar-refractivity contribution in [2.24, 2.45) is 0 Å². The van der Waals surface area contributed by atoms with E-state index in [1.54, 1.807) is 6.07 Å². The van der Waals surface area contributed by atoms with Gasteiger partial charge in [-0.15, -0.1) is 0 Å². The summed E-state index contributed by atoms with van der Waals surface area (Å²) in [5.41, 5.74) is 4.34. The summed E-state index contributed by atoms with van der Waals surface area (Å²) in [6.07, 6.45) is -4.59. The molecule has 0 aliphatic heterocycles. The molecule has 2 aromatic rings. The van der Waals surface area contributed by atoms with E-state index in [0.29, 0.717) is 0 Å². The quantitative estimate of drug-likeness (QED) is 0.629. The Morgan fingerprint density at radius 3 is 2.19 bits per heavy atom. The van der Waals surface area contributed by atoms with Crippen LogP contribution in [0, 0.1) is 0 Å². The van der Waals surface area contributed by atoms with Gasteiger partial charge in [0.25, 0.3) is 0 Å². The number of hydrogen-bond acceptors (Lipinski definition) is 4. The molecule has 0 bridgehead atoms. The third kappa shape index (κ3) is 4.82. The fourth-order valence-electron chi connectivity index (χ4n) is 1.52. The third-order valence-electron chi connectivity index (χ3n) is 2.39. The van der Waals surface area contributed by atoms with Gasteiger partial charge in [0.15, 0.2) is 11.5 Å². The number of rotatable bonds is 2. The van der Waals surface area contributed by atoms with Gasteiger partial charge < -0.3 is 21.1 Å². The van der Waals surface area contributed by atoms with Crippen molar-refractivity contribution in [1.29, 1.82) is 0 Å². The topological polar surface area (TPSA) is 85.5 Å². The first kappa shape index (κ1) is 19.6. The van der Waals surface area contributed by atoms with Crippen LogP contribution < -0.4 is 40.0 Å². The number of aromatic hydroxyl groups is 1. The summed E-state index contributed by atoms with van der Waals surface area (Å²) in [6, 6.07) is 8.96. The molecule has 0 aromatic heterocycles. The standard InChI is InChI=1S/C13H10F3NO2.Na.H2O/c14-13(15,16)9-7-8(17)5-6-11(9)19-12-4-2-1-3-10(12)18;;/h1-7,18H,17H2;;1H2/q;+1;/p-1. The van der Waals surface area contributed by atoms with Gasteiger partial charge in [-0.25, -0.2) is 0 Å². The molecule has 2 aromatic carbocycles. The van der Waals surface area contributed by atoms with Crippen LogP contribution in [0.3, 0.4) is 0 Å². The van der Waals surface area contributed by atoms with Crippen LogP contribution in [0.2, 0.25) is 0 Å². The number of nitrogen functional groups attached to an aromatic ring is 1. The minimum absolute atomic E-state index is 0. The van der Waals surface area contributed by atoms with Crippen molar-refractivity contribution in [2.45, 2.75) is 6.18 Å². The second-order valence-corrected chi connectivity index (χ2v) is 3.82. The summed E-state index contributed by atoms with van der Waals surface area (Å²) in [6.45, 7) is 0. The molecule has 0 heterocycles. The van der Waals surface area contributed by atoms with Crippen LogP contribution in [0.25, 0.3) is 0 Å². The second kappa shape index (κ2) is 7.56. The van der Waals surface area contributed by atoms with E-state index in [9.17, 15) is 18.3 Å². The Hall–Kier alpha value is -1.41. The van der Waals surface area contributed by atoms with Crippen molar-refractivity contribution in [3.8, 4) is 17.2 Å². The van der Waals surface area contributed by atoms with Gasteiger partial charge in [0.05, 0.1) is 0 Å². The van der Waals surface area contributed by atoms with Gasteiger partial charge in [-0.05, 0) is 30.3 Å². The van der Waals surface area contributed by atoms with Gasteiger partial charge in [-0.1, -0.05) is 12.1 Å². The molecule has 4 nitrogen and oxygen atoms in total. The maximum absolute atomic E-state index is 12.8. The van der Waals surface area contributed by atoms with Gasteiger partial charge in [0, 0.05) is 5.69 Å². The zero-order valence-corrected chi connectivity index (χ0v) is 13.1. The van der Waals surface area contributed by atoms with E-state index in [1.165, 1.54) is 24.3 Å². The predicted molar refractivity (Wildman–Crippen MR) is 66.0 cm³/mol. The summed E-state index contributed by atoms with van der Waals surface area (Å²) in [5, 5.41) is 9.49. The van der Waals surface area contributed by atoms with Crippen molar-refractivity contribution in [1.82, 2.24) is 0 Å². The Morgan fingerprint density at radius 1 is 1.00 bits per heavy atom. The molecular weight excluding hydrogens is 298 g/mol. The van der Waals surface area contributed by atoms with E-state index in [1.807, 2.05) is 0 Å². The summed E-state index contributed by atoms with van der Waals surface area (Å²) < 4.78 is 43.6. The molecule has 2 rings (SSSR count). The van der Waals surface area contributed by atoms with Crippen LogP contribution >= 0.6 is 0 Å². The van der Waals surface area contributed by atoms with Crippen molar-refractivity contribution in [3.05, 3.63) is 48.0 Å². The number of ether oxygens (including phenoxy) is 1. The maximum Gasteiger partial charge on any atom is 1.00 e. The smallest absolute Gasteiger partial charge is 0.870 e. The van der Waals surface area contributed by atoms with Crippen LogP contribution in [0.4, 0.5) is 18.9 Å². The van der Waals surface area contributed by atoms with Crippen molar-refractivity contribution in [2.75, 3.05) is 5.73 Å². The van der Waals surface area contributed by atoms with E-state index in [0.717, 1.165) is 12.1 Å². The van der Waals surface area contributed by atoms with Gasteiger partial charge >= 0.3 is 35.7 Å². The molecule has 0 spiro atoms. The molecule has 4 N–H and O–H groups in total. The molecule has 0 saturated heterocycles. The van der Waals surface area contributed by atoms with Crippen LogP contribution in [0.5, 0.6) is 17.2 Å². The summed E-state index contributed by atoms with van der Waals surface area (Å²) in [4.78, 5) is 0. The monoisotopic (exact) mass is 309 g/mol. The van der Waals surface area contributed by atoms with E-state index < -0.39 is 17.5 Å². The van der Waals surface area contributed by atoms with Gasteiger partial charge in [-0.2, -0.15) is 13.2 Å². The number of para-hydroxylation sites is 2. The Morgan fingerprint density at radius 2 is 1.62 bits per heavy atom. The average Bonchev–Trinajstić information content (AvgIpc) is 2.33. The summed E-state index contributed by atoms with van der Waals surface area (Å²) >= 11 is 0. The van der Waals surface area contributed by atoms with E-state index in [2.05, 4.69) is 0 Å². The molecule has 0 atom stereocenters. The first-order valence-corrected chi connectivity index (χ1v) is 5.30. The Kier molecular flexibility index (Phi) is 7.05. The summed E-state index contributed by atoms with van der Waals surface area (Å²) in [5.74, 6) is -0.714. The van der Waals surface area contributed by atoms with Crippen LogP contribution in [0.1, 0.15) is 5.56 Å². The zero-order chi connectivity index (χ0) is 14.0. The molecule has 0 aliphatic rings. The van der Waals surface area contributed by atoms with Crippen molar-refractivity contribution in [3.63, 3.8) is 0 Å². The second-order valence-electron chi connectivity index (χ2n) is 3.82. The molecule has 0 radical (unpaired) electrons. The Balaban J connectivity index is 0.00000200. The molecule has 0 amide bonds. The number of alkyl halides is 3. The average molecular weight is 309 g/mol. The van der Waals surface area contributed by atoms with Gasteiger partial charge in [-0.3, -0.25) is 0 Å². The first-order valence-electron chi connectivity index (χ1n) is 5.30. The Labute approximate surface area is 140 Å². The number of benzene rings is 2. The molecule has 21 heavy (non-hydrogen) atoms. The number of phenols is 1. The number of halogens is 3. The molecule has 0 fully saturated rings. The Bertz CT molecular complexity index is 605. The number of phenolic OH excluding ortho intramolecular Hbond substituents is 1. The zero-order valence-electron chi connectivity index (χ0n) is 11.1. The predicted octanol–water partition coefficient (Wildman–Crippen LogP) is 0.613. The minimum Gasteiger partial charge on any atom is -0.870 e. The maximum atomic E-state index is 12.8. The fourth-order valence-corrected chi connectivity index (χ4v) is 1.52. The van der Waals surface area contributed by atoms with Crippen molar-refractivity contribution < 1.29 is 58.0 Å². The molecule has 108 valence electrons. The van der Waals surface area contributed by atoms with E-state index in [4.69, 9.17) is 10.5 Å². The molecule has 8 heteroatoms. The SMILES string of the molecule is Nc1ccc(Oc2ccccc2O)c(C(F)(F)F)c1.[Na+].[OH-]. The van der Waals surface area contributed by atoms with E-state index >= 15 is 0 Å². The molecule has 0 saturated carbocycles.